The summed E-state index contributed by atoms with van der Waals surface area (Å²) < 4.78 is 89.7. The maximum atomic E-state index is 14.7. The molecule has 0 spiro atoms. The summed E-state index contributed by atoms with van der Waals surface area (Å²) in [6.45, 7) is 2.73. The minimum absolute atomic E-state index is 0.0430. The average Bonchev–Trinajstić information content (AvgIpc) is 2.70. The molecule has 1 saturated heterocycles. The number of allylic oxidation sites excluding steroid dienone is 1. The number of halogens is 6. The highest BCUT2D eigenvalue weighted by atomic mass is 19.4. The van der Waals surface area contributed by atoms with E-state index in [2.05, 4.69) is 11.7 Å². The van der Waals surface area contributed by atoms with Crippen LogP contribution in [0.4, 0.5) is 26.3 Å². The molecule has 0 radical (unpaired) electrons. The molecular weight excluding hydrogens is 422 g/mol. The van der Waals surface area contributed by atoms with E-state index in [0.29, 0.717) is 18.1 Å². The molecule has 2 atom stereocenters. The Bertz CT molecular complexity index is 907. The topological polar surface area (TPSA) is 18.5 Å². The van der Waals surface area contributed by atoms with E-state index in [1.165, 1.54) is 12.1 Å². The van der Waals surface area contributed by atoms with Gasteiger partial charge in [-0.25, -0.2) is 13.2 Å². The first-order valence-corrected chi connectivity index (χ1v) is 9.99. The summed E-state index contributed by atoms with van der Waals surface area (Å²) in [5.74, 6) is -3.67. The highest BCUT2D eigenvalue weighted by Crippen LogP contribution is 2.36. The molecular formula is C23H22F6O2. The minimum Gasteiger partial charge on any atom is -0.459 e. The summed E-state index contributed by atoms with van der Waals surface area (Å²) in [6.07, 6.45) is -1.15. The van der Waals surface area contributed by atoms with Gasteiger partial charge in [-0.05, 0) is 54.5 Å². The van der Waals surface area contributed by atoms with Crippen molar-refractivity contribution in [2.24, 2.45) is 5.92 Å². The molecule has 2 aromatic carbocycles. The van der Waals surface area contributed by atoms with E-state index in [-0.39, 0.29) is 29.6 Å². The number of hydrogen-bond acceptors (Lipinski definition) is 2. The van der Waals surface area contributed by atoms with E-state index in [1.807, 2.05) is 0 Å². The van der Waals surface area contributed by atoms with Crippen LogP contribution in [0.5, 0.6) is 5.75 Å². The number of benzene rings is 2. The molecule has 2 unspecified atom stereocenters. The van der Waals surface area contributed by atoms with E-state index in [0.717, 1.165) is 37.8 Å². The van der Waals surface area contributed by atoms with Crippen molar-refractivity contribution in [2.45, 2.75) is 44.9 Å². The molecule has 0 bridgehead atoms. The van der Waals surface area contributed by atoms with Crippen molar-refractivity contribution < 1.29 is 35.8 Å². The normalized spacial score (nSPS) is 19.7. The Balaban J connectivity index is 1.76. The van der Waals surface area contributed by atoms with Gasteiger partial charge in [0.05, 0.1) is 25.0 Å². The maximum absolute atomic E-state index is 14.7. The molecule has 2 aromatic rings. The molecule has 1 aliphatic rings. The Labute approximate surface area is 176 Å². The average molecular weight is 444 g/mol. The van der Waals surface area contributed by atoms with Crippen LogP contribution in [0, 0.1) is 23.4 Å². The van der Waals surface area contributed by atoms with Crippen LogP contribution in [-0.4, -0.2) is 12.8 Å². The van der Waals surface area contributed by atoms with Gasteiger partial charge in [0.2, 0.25) is 0 Å². The summed E-state index contributed by atoms with van der Waals surface area (Å²) >= 11 is 0. The third-order valence-electron chi connectivity index (χ3n) is 5.18. The molecule has 0 amide bonds. The number of hydrogen-bond donors (Lipinski definition) is 0. The maximum Gasteiger partial charge on any atom is 0.412 e. The van der Waals surface area contributed by atoms with Crippen molar-refractivity contribution in [3.63, 3.8) is 0 Å². The van der Waals surface area contributed by atoms with Crippen LogP contribution in [0.3, 0.4) is 0 Å². The van der Waals surface area contributed by atoms with Crippen LogP contribution in [0.25, 0.3) is 11.1 Å². The molecule has 8 heteroatoms. The van der Waals surface area contributed by atoms with Gasteiger partial charge in [-0.15, -0.1) is 0 Å². The summed E-state index contributed by atoms with van der Waals surface area (Å²) in [5, 5.41) is 0. The fourth-order valence-electron chi connectivity index (χ4n) is 3.68. The zero-order valence-corrected chi connectivity index (χ0v) is 16.8. The number of alkyl halides is 3. The Kier molecular flexibility index (Phi) is 7.30. The lowest BCUT2D eigenvalue weighted by molar-refractivity contribution is -0.0809. The molecule has 31 heavy (non-hydrogen) atoms. The van der Waals surface area contributed by atoms with Crippen molar-refractivity contribution in [3.8, 4) is 16.9 Å². The number of ether oxygens (including phenoxy) is 2. The summed E-state index contributed by atoms with van der Waals surface area (Å²) in [6, 6.07) is 5.96. The first-order valence-electron chi connectivity index (χ1n) is 9.99. The number of rotatable bonds is 6. The fourth-order valence-corrected chi connectivity index (χ4v) is 3.68. The quantitative estimate of drug-likeness (QED) is 0.339. The van der Waals surface area contributed by atoms with Gasteiger partial charge < -0.3 is 9.47 Å². The van der Waals surface area contributed by atoms with E-state index in [9.17, 15) is 26.3 Å². The molecule has 0 aromatic heterocycles. The molecule has 1 heterocycles. The SMILES string of the molecule is CCCC1CCC(c2ccc(-c3cc(F)c(O/C=C/C(F)(F)F)c(F)c3)c(F)c2)OC1. The zero-order valence-electron chi connectivity index (χ0n) is 16.8. The smallest absolute Gasteiger partial charge is 0.412 e. The van der Waals surface area contributed by atoms with Crippen molar-refractivity contribution in [1.82, 2.24) is 0 Å². The predicted molar refractivity (Wildman–Crippen MR) is 104 cm³/mol. The Morgan fingerprint density at radius 1 is 1.03 bits per heavy atom. The van der Waals surface area contributed by atoms with Crippen LogP contribution >= 0.6 is 0 Å². The van der Waals surface area contributed by atoms with Crippen LogP contribution in [0.15, 0.2) is 42.7 Å². The third kappa shape index (κ3) is 6.03. The second-order valence-electron chi connectivity index (χ2n) is 7.52. The fraction of sp³-hybridized carbons (Fsp3) is 0.391. The summed E-state index contributed by atoms with van der Waals surface area (Å²) in [4.78, 5) is 0. The largest absolute Gasteiger partial charge is 0.459 e. The van der Waals surface area contributed by atoms with Crippen LogP contribution < -0.4 is 4.74 Å². The van der Waals surface area contributed by atoms with Crippen LogP contribution in [-0.2, 0) is 4.74 Å². The molecule has 168 valence electrons. The van der Waals surface area contributed by atoms with Crippen molar-refractivity contribution >= 4 is 0 Å². The van der Waals surface area contributed by atoms with Gasteiger partial charge in [-0.2, -0.15) is 13.2 Å². The highest BCUT2D eigenvalue weighted by molar-refractivity contribution is 5.66. The standard InChI is InChI=1S/C23H22F6O2/c1-2-3-14-4-7-21(31-13-14)15-5-6-17(18(24)10-15)16-11-19(25)22(20(26)12-16)30-9-8-23(27,28)29/h5-6,8-12,14,21H,2-4,7,13H2,1H3/b9-8+. The molecule has 0 N–H and O–H groups in total. The van der Waals surface area contributed by atoms with Crippen LogP contribution in [0.1, 0.15) is 44.3 Å². The van der Waals surface area contributed by atoms with E-state index in [4.69, 9.17) is 4.74 Å². The van der Waals surface area contributed by atoms with Crippen molar-refractivity contribution in [3.05, 3.63) is 65.7 Å². The molecule has 3 rings (SSSR count). The van der Waals surface area contributed by atoms with Gasteiger partial charge in [-0.3, -0.25) is 0 Å². The highest BCUT2D eigenvalue weighted by Gasteiger charge is 2.24. The summed E-state index contributed by atoms with van der Waals surface area (Å²) in [5.41, 5.74) is 0.506. The van der Waals surface area contributed by atoms with Gasteiger partial charge in [0.25, 0.3) is 0 Å². The lowest BCUT2D eigenvalue weighted by Gasteiger charge is -2.29. The van der Waals surface area contributed by atoms with Gasteiger partial charge >= 0.3 is 6.18 Å². The van der Waals surface area contributed by atoms with E-state index >= 15 is 0 Å². The van der Waals surface area contributed by atoms with Gasteiger partial charge in [0.15, 0.2) is 17.4 Å². The van der Waals surface area contributed by atoms with Crippen LogP contribution in [0.2, 0.25) is 0 Å². The lowest BCUT2D eigenvalue weighted by Crippen LogP contribution is -2.20. The summed E-state index contributed by atoms with van der Waals surface area (Å²) in [7, 11) is 0. The van der Waals surface area contributed by atoms with Gasteiger partial charge in [0.1, 0.15) is 5.82 Å². The minimum atomic E-state index is -4.68. The second-order valence-corrected chi connectivity index (χ2v) is 7.52. The molecule has 0 aliphatic carbocycles. The first-order chi connectivity index (χ1) is 14.7. The molecule has 0 saturated carbocycles. The Morgan fingerprint density at radius 2 is 1.74 bits per heavy atom. The second kappa shape index (κ2) is 9.77. The Morgan fingerprint density at radius 3 is 2.29 bits per heavy atom. The molecule has 2 nitrogen and oxygen atoms in total. The van der Waals surface area contributed by atoms with E-state index < -0.39 is 29.4 Å². The lowest BCUT2D eigenvalue weighted by atomic mass is 9.91. The van der Waals surface area contributed by atoms with Gasteiger partial charge in [0, 0.05) is 5.56 Å². The monoisotopic (exact) mass is 444 g/mol. The molecule has 1 aliphatic heterocycles. The first kappa shape index (κ1) is 23.2. The Hall–Kier alpha value is -2.48. The van der Waals surface area contributed by atoms with Gasteiger partial charge in [-0.1, -0.05) is 25.5 Å². The third-order valence-corrected chi connectivity index (χ3v) is 5.18. The predicted octanol–water partition coefficient (Wildman–Crippen LogP) is 7.49. The van der Waals surface area contributed by atoms with E-state index in [1.54, 1.807) is 6.07 Å². The van der Waals surface area contributed by atoms with Crippen molar-refractivity contribution in [2.75, 3.05) is 6.61 Å². The van der Waals surface area contributed by atoms with Crippen molar-refractivity contribution in [1.29, 1.82) is 0 Å². The molecule has 1 fully saturated rings. The zero-order chi connectivity index (χ0) is 22.6.